The van der Waals surface area contributed by atoms with Gasteiger partial charge in [-0.2, -0.15) is 9.67 Å². The van der Waals surface area contributed by atoms with Crippen molar-refractivity contribution in [2.24, 2.45) is 0 Å². The van der Waals surface area contributed by atoms with E-state index in [2.05, 4.69) is 53.6 Å². The highest BCUT2D eigenvalue weighted by Crippen LogP contribution is 2.32. The largest absolute Gasteiger partial charge is 0.369 e. The summed E-state index contributed by atoms with van der Waals surface area (Å²) in [6.45, 7) is 4.17. The van der Waals surface area contributed by atoms with E-state index in [0.717, 1.165) is 62.0 Å². The number of aromatic nitrogens is 5. The molecule has 2 aromatic heterocycles. The quantitative estimate of drug-likeness (QED) is 0.351. The Hall–Kier alpha value is -4.05. The lowest BCUT2D eigenvalue weighted by atomic mass is 9.99. The van der Waals surface area contributed by atoms with E-state index in [0.29, 0.717) is 23.2 Å². The van der Waals surface area contributed by atoms with Crippen molar-refractivity contribution in [3.05, 3.63) is 65.5 Å². The van der Waals surface area contributed by atoms with E-state index in [9.17, 15) is 0 Å². The lowest BCUT2D eigenvalue weighted by molar-refractivity contribution is 0.141. The third-order valence-electron chi connectivity index (χ3n) is 8.79. The first-order chi connectivity index (χ1) is 20.1. The molecular formula is C31H36FN9. The molecular weight excluding hydrogens is 517 g/mol. The molecule has 0 saturated carbocycles. The molecule has 10 heteroatoms. The average molecular weight is 554 g/mol. The summed E-state index contributed by atoms with van der Waals surface area (Å²) >= 11 is 0. The number of hydrogen-bond donors (Lipinski definition) is 2. The molecule has 1 aliphatic carbocycles. The van der Waals surface area contributed by atoms with Gasteiger partial charge in [0.2, 0.25) is 11.9 Å². The number of rotatable bonds is 5. The number of hydrogen-bond acceptors (Lipinski definition) is 8. The Morgan fingerprint density at radius 2 is 1.66 bits per heavy atom. The monoisotopic (exact) mass is 553 g/mol. The first kappa shape index (κ1) is 25.9. The second-order valence-electron chi connectivity index (χ2n) is 11.4. The average Bonchev–Trinajstić information content (AvgIpc) is 3.26. The topological polar surface area (TPSA) is 101 Å². The minimum Gasteiger partial charge on any atom is -0.369 e. The van der Waals surface area contributed by atoms with Crippen molar-refractivity contribution >= 4 is 23.3 Å². The van der Waals surface area contributed by atoms with Crippen LogP contribution in [-0.2, 0) is 12.8 Å². The molecule has 2 fully saturated rings. The molecule has 0 spiro atoms. The van der Waals surface area contributed by atoms with E-state index in [-0.39, 0.29) is 17.7 Å². The Kier molecular flexibility index (Phi) is 7.00. The van der Waals surface area contributed by atoms with E-state index >= 15 is 4.39 Å². The van der Waals surface area contributed by atoms with Gasteiger partial charge >= 0.3 is 0 Å². The molecule has 4 heterocycles. The standard InChI is InChI=1S/C31H36FN9/c32-26-20-23(11-12-27(26)40-17-13-24(14-18-40)39-15-4-1-5-16-39)34-31-35-30(33)41(38-31)28-19-22-9-6-8-21-7-2-3-10-25(21)29(22)37-36-28/h2-3,7,10-12,19-20,24H,1,4-6,8-9,13-18H2,(H3,33,34,35,38). The summed E-state index contributed by atoms with van der Waals surface area (Å²) in [7, 11) is 0. The second kappa shape index (κ2) is 11.1. The molecule has 3 aliphatic rings. The van der Waals surface area contributed by atoms with Crippen LogP contribution in [0, 0.1) is 5.82 Å². The van der Waals surface area contributed by atoms with Crippen LogP contribution in [0.1, 0.15) is 49.7 Å². The Balaban J connectivity index is 1.04. The normalized spacial score (nSPS) is 18.0. The van der Waals surface area contributed by atoms with E-state index in [1.54, 1.807) is 0 Å². The van der Waals surface area contributed by atoms with Crippen LogP contribution in [0.25, 0.3) is 17.1 Å². The number of anilines is 4. The highest BCUT2D eigenvalue weighted by molar-refractivity contribution is 5.68. The van der Waals surface area contributed by atoms with Gasteiger partial charge in [0.25, 0.3) is 0 Å². The molecule has 2 aliphatic heterocycles. The maximum Gasteiger partial charge on any atom is 0.248 e. The van der Waals surface area contributed by atoms with Crippen molar-refractivity contribution in [3.8, 4) is 17.1 Å². The number of nitrogens with zero attached hydrogens (tertiary/aromatic N) is 7. The SMILES string of the molecule is Nc1nc(Nc2ccc(N3CCC(N4CCCCC4)CC3)c(F)c2)nn1-c1cc2c(nn1)-c1ccccc1CCC2. The smallest absolute Gasteiger partial charge is 0.248 e. The summed E-state index contributed by atoms with van der Waals surface area (Å²) in [5.41, 5.74) is 11.9. The van der Waals surface area contributed by atoms with Gasteiger partial charge in [-0.3, -0.25) is 0 Å². The fourth-order valence-corrected chi connectivity index (χ4v) is 6.65. The van der Waals surface area contributed by atoms with Crippen LogP contribution in [0.3, 0.4) is 0 Å². The summed E-state index contributed by atoms with van der Waals surface area (Å²) in [5, 5.41) is 16.6. The Morgan fingerprint density at radius 1 is 0.854 bits per heavy atom. The first-order valence-electron chi connectivity index (χ1n) is 14.9. The van der Waals surface area contributed by atoms with Crippen LogP contribution in [0.15, 0.2) is 48.5 Å². The maximum absolute atomic E-state index is 15.3. The van der Waals surface area contributed by atoms with Gasteiger partial charge in [0.15, 0.2) is 5.82 Å². The highest BCUT2D eigenvalue weighted by Gasteiger charge is 2.27. The van der Waals surface area contributed by atoms with Crippen molar-refractivity contribution in [2.75, 3.05) is 42.1 Å². The minimum absolute atomic E-state index is 0.185. The summed E-state index contributed by atoms with van der Waals surface area (Å²) in [4.78, 5) is 9.16. The maximum atomic E-state index is 15.3. The number of halogens is 1. The first-order valence-corrected chi connectivity index (χ1v) is 14.9. The second-order valence-corrected chi connectivity index (χ2v) is 11.4. The number of aryl methyl sites for hydroxylation is 2. The summed E-state index contributed by atoms with van der Waals surface area (Å²) in [6, 6.07) is 16.2. The predicted molar refractivity (Wildman–Crippen MR) is 159 cm³/mol. The van der Waals surface area contributed by atoms with Crippen molar-refractivity contribution in [1.82, 2.24) is 29.9 Å². The van der Waals surface area contributed by atoms with Gasteiger partial charge in [0.05, 0.1) is 11.4 Å². The number of nitrogens with one attached hydrogen (secondary N) is 1. The van der Waals surface area contributed by atoms with Crippen LogP contribution >= 0.6 is 0 Å². The van der Waals surface area contributed by atoms with Crippen molar-refractivity contribution in [2.45, 2.75) is 57.4 Å². The molecule has 4 aromatic rings. The molecule has 2 aromatic carbocycles. The molecule has 0 radical (unpaired) electrons. The zero-order valence-corrected chi connectivity index (χ0v) is 23.3. The number of fused-ring (bicyclic) bond motifs is 3. The third kappa shape index (κ3) is 5.24. The van der Waals surface area contributed by atoms with E-state index in [1.165, 1.54) is 48.7 Å². The van der Waals surface area contributed by atoms with E-state index in [1.807, 2.05) is 24.3 Å². The number of likely N-dealkylation sites (tertiary alicyclic amines) is 1. The third-order valence-corrected chi connectivity index (χ3v) is 8.79. The van der Waals surface area contributed by atoms with Crippen molar-refractivity contribution in [3.63, 3.8) is 0 Å². The summed E-state index contributed by atoms with van der Waals surface area (Å²) < 4.78 is 16.7. The van der Waals surface area contributed by atoms with Gasteiger partial charge in [-0.1, -0.05) is 30.7 Å². The minimum atomic E-state index is -0.254. The predicted octanol–water partition coefficient (Wildman–Crippen LogP) is 5.13. The van der Waals surface area contributed by atoms with Crippen LogP contribution in [-0.4, -0.2) is 62.1 Å². The molecule has 0 atom stereocenters. The fraction of sp³-hybridized carbons (Fsp3) is 0.419. The summed E-state index contributed by atoms with van der Waals surface area (Å²) in [5.74, 6) is 0.718. The van der Waals surface area contributed by atoms with Gasteiger partial charge in [-0.15, -0.1) is 15.3 Å². The highest BCUT2D eigenvalue weighted by atomic mass is 19.1. The van der Waals surface area contributed by atoms with Gasteiger partial charge in [0, 0.05) is 30.4 Å². The van der Waals surface area contributed by atoms with Crippen LogP contribution < -0.4 is 16.0 Å². The van der Waals surface area contributed by atoms with Gasteiger partial charge in [-0.25, -0.2) is 4.39 Å². The van der Waals surface area contributed by atoms with Gasteiger partial charge in [0.1, 0.15) is 5.82 Å². The van der Waals surface area contributed by atoms with Crippen LogP contribution in [0.4, 0.5) is 27.7 Å². The van der Waals surface area contributed by atoms with E-state index in [4.69, 9.17) is 5.73 Å². The van der Waals surface area contributed by atoms with Crippen LogP contribution in [0.5, 0.6) is 0 Å². The zero-order chi connectivity index (χ0) is 27.8. The van der Waals surface area contributed by atoms with E-state index < -0.39 is 0 Å². The van der Waals surface area contributed by atoms with Crippen molar-refractivity contribution in [1.29, 1.82) is 0 Å². The van der Waals surface area contributed by atoms with Gasteiger partial charge < -0.3 is 20.9 Å². The molecule has 41 heavy (non-hydrogen) atoms. The fourth-order valence-electron chi connectivity index (χ4n) is 6.65. The molecule has 212 valence electrons. The zero-order valence-electron chi connectivity index (χ0n) is 23.3. The molecule has 7 rings (SSSR count). The molecule has 2 saturated heterocycles. The molecule has 0 amide bonds. The van der Waals surface area contributed by atoms with Crippen LogP contribution in [0.2, 0.25) is 0 Å². The summed E-state index contributed by atoms with van der Waals surface area (Å²) in [6.07, 6.45) is 9.06. The molecule has 3 N–H and O–H groups in total. The Labute approximate surface area is 239 Å². The number of benzene rings is 2. The number of nitrogen functional groups attached to an aromatic ring is 1. The number of nitrogens with two attached hydrogens (primary N) is 1. The Bertz CT molecular complexity index is 1540. The van der Waals surface area contributed by atoms with Crippen molar-refractivity contribution < 1.29 is 4.39 Å². The lowest BCUT2D eigenvalue weighted by Crippen LogP contribution is -2.46. The lowest BCUT2D eigenvalue weighted by Gasteiger charge is -2.41. The number of piperidine rings is 2. The molecule has 0 bridgehead atoms. The molecule has 0 unspecified atom stereocenters. The van der Waals surface area contributed by atoms with Gasteiger partial charge in [-0.05, 0) is 93.4 Å². The Morgan fingerprint density at radius 3 is 2.49 bits per heavy atom. The molecule has 9 nitrogen and oxygen atoms in total.